The molecule has 1 amide bonds. The number of anilines is 1. The Bertz CT molecular complexity index is 1470. The number of benzene rings is 2. The highest BCUT2D eigenvalue weighted by molar-refractivity contribution is 5.96. The van der Waals surface area contributed by atoms with Crippen LogP contribution in [0.15, 0.2) is 61.1 Å². The maximum Gasteiger partial charge on any atom is 0.411 e. The van der Waals surface area contributed by atoms with Crippen LogP contribution < -0.4 is 10.1 Å². The first-order chi connectivity index (χ1) is 17.6. The molecule has 8 nitrogen and oxygen atoms in total. The van der Waals surface area contributed by atoms with E-state index in [2.05, 4.69) is 25.9 Å². The number of hydrogen-bond donors (Lipinski definition) is 1. The quantitative estimate of drug-likeness (QED) is 0.327. The Morgan fingerprint density at radius 2 is 1.94 bits per heavy atom. The lowest BCUT2D eigenvalue weighted by Gasteiger charge is -2.14. The van der Waals surface area contributed by atoms with Crippen molar-refractivity contribution in [2.24, 2.45) is 5.92 Å². The molecule has 1 N–H and O–H groups in total. The van der Waals surface area contributed by atoms with E-state index in [4.69, 9.17) is 9.47 Å². The minimum Gasteiger partial charge on any atom is -0.446 e. The van der Waals surface area contributed by atoms with E-state index in [0.29, 0.717) is 34.8 Å². The van der Waals surface area contributed by atoms with Crippen LogP contribution >= 0.6 is 0 Å². The summed E-state index contributed by atoms with van der Waals surface area (Å²) in [6.07, 6.45) is 8.58. The lowest BCUT2D eigenvalue weighted by atomic mass is 10.1. The Balaban J connectivity index is 1.32. The van der Waals surface area contributed by atoms with Crippen LogP contribution in [-0.2, 0) is 4.74 Å². The molecule has 2 aliphatic rings. The predicted molar refractivity (Wildman–Crippen MR) is 135 cm³/mol. The van der Waals surface area contributed by atoms with E-state index in [1.807, 2.05) is 49.4 Å². The molecule has 180 valence electrons. The standard InChI is InChI=1S/C28H25N5O3/c1-17(18-2-3-18)35-28(34)32-20-6-4-19(5-7-20)27-24(15-29)23-11-10-22(36-26-16-30-12-13-31-26)14-25(23)33(27)21-8-9-21/h4-7,10-14,16-18,21H,2-3,8-9H2,1H3,(H,32,34)/t17-/m1/s1. The van der Waals surface area contributed by atoms with E-state index in [-0.39, 0.29) is 6.10 Å². The van der Waals surface area contributed by atoms with Gasteiger partial charge < -0.3 is 14.0 Å². The zero-order chi connectivity index (χ0) is 24.6. The first-order valence-corrected chi connectivity index (χ1v) is 12.2. The van der Waals surface area contributed by atoms with Crippen molar-refractivity contribution in [1.29, 1.82) is 5.26 Å². The van der Waals surface area contributed by atoms with E-state index in [9.17, 15) is 10.1 Å². The minimum atomic E-state index is -0.442. The Kier molecular flexibility index (Phi) is 5.53. The summed E-state index contributed by atoms with van der Waals surface area (Å²) in [4.78, 5) is 20.5. The molecule has 0 unspecified atom stereocenters. The zero-order valence-corrected chi connectivity index (χ0v) is 19.8. The molecule has 2 fully saturated rings. The summed E-state index contributed by atoms with van der Waals surface area (Å²) < 4.78 is 13.6. The average molecular weight is 480 g/mol. The number of fused-ring (bicyclic) bond motifs is 1. The molecular formula is C28H25N5O3. The zero-order valence-electron chi connectivity index (χ0n) is 19.8. The third-order valence-corrected chi connectivity index (χ3v) is 6.75. The maximum atomic E-state index is 12.2. The Hall–Kier alpha value is -4.38. The van der Waals surface area contributed by atoms with Crippen LogP contribution in [0.5, 0.6) is 11.6 Å². The van der Waals surface area contributed by atoms with Crippen molar-refractivity contribution in [3.8, 4) is 29.0 Å². The van der Waals surface area contributed by atoms with Crippen molar-refractivity contribution in [2.45, 2.75) is 44.8 Å². The molecule has 0 aliphatic heterocycles. The summed E-state index contributed by atoms with van der Waals surface area (Å²) in [6.45, 7) is 1.93. The van der Waals surface area contributed by atoms with Crippen molar-refractivity contribution in [1.82, 2.24) is 14.5 Å². The number of ether oxygens (including phenoxy) is 2. The van der Waals surface area contributed by atoms with Crippen molar-refractivity contribution in [3.05, 3.63) is 66.6 Å². The molecule has 4 aromatic rings. The van der Waals surface area contributed by atoms with Crippen LogP contribution in [-0.4, -0.2) is 26.7 Å². The number of aromatic nitrogens is 3. The van der Waals surface area contributed by atoms with Gasteiger partial charge >= 0.3 is 6.09 Å². The number of rotatable bonds is 7. The summed E-state index contributed by atoms with van der Waals surface area (Å²) >= 11 is 0. The van der Waals surface area contributed by atoms with Gasteiger partial charge in [0.15, 0.2) is 0 Å². The van der Waals surface area contributed by atoms with Gasteiger partial charge in [-0.25, -0.2) is 9.78 Å². The molecule has 8 heteroatoms. The van der Waals surface area contributed by atoms with Gasteiger partial charge in [0.25, 0.3) is 0 Å². The topological polar surface area (TPSA) is 102 Å². The predicted octanol–water partition coefficient (Wildman–Crippen LogP) is 6.44. The first kappa shape index (κ1) is 22.1. The highest BCUT2D eigenvalue weighted by atomic mass is 16.6. The summed E-state index contributed by atoms with van der Waals surface area (Å²) in [5.41, 5.74) is 4.02. The Morgan fingerprint density at radius 1 is 1.14 bits per heavy atom. The first-order valence-electron chi connectivity index (χ1n) is 12.2. The van der Waals surface area contributed by atoms with Gasteiger partial charge in [0, 0.05) is 35.6 Å². The smallest absolute Gasteiger partial charge is 0.411 e. The molecule has 2 heterocycles. The fourth-order valence-corrected chi connectivity index (χ4v) is 4.61. The summed E-state index contributed by atoms with van der Waals surface area (Å²) in [5, 5.41) is 13.8. The molecule has 2 saturated carbocycles. The van der Waals surface area contributed by atoms with E-state index in [1.54, 1.807) is 18.6 Å². The highest BCUT2D eigenvalue weighted by Gasteiger charge is 2.32. The number of amides is 1. The fourth-order valence-electron chi connectivity index (χ4n) is 4.61. The summed E-state index contributed by atoms with van der Waals surface area (Å²) in [5.74, 6) is 1.53. The second kappa shape index (κ2) is 9.00. The molecule has 0 saturated heterocycles. The lowest BCUT2D eigenvalue weighted by molar-refractivity contribution is 0.108. The number of nitrogens with zero attached hydrogens (tertiary/aromatic N) is 4. The van der Waals surface area contributed by atoms with Gasteiger partial charge in [-0.3, -0.25) is 10.3 Å². The highest BCUT2D eigenvalue weighted by Crippen LogP contribution is 2.45. The second-order valence-electron chi connectivity index (χ2n) is 9.41. The van der Waals surface area contributed by atoms with Crippen LogP contribution in [0, 0.1) is 17.2 Å². The second-order valence-corrected chi connectivity index (χ2v) is 9.41. The average Bonchev–Trinajstić information content (AvgIpc) is 3.81. The molecule has 2 aromatic carbocycles. The third-order valence-electron chi connectivity index (χ3n) is 6.75. The molecular weight excluding hydrogens is 454 g/mol. The SMILES string of the molecule is C[C@@H](OC(=O)Nc1ccc(-c2c(C#N)c3ccc(Oc4cnccn4)cc3n2C2CC2)cc1)C1CC1. The van der Waals surface area contributed by atoms with Gasteiger partial charge in [-0.15, -0.1) is 0 Å². The van der Waals surface area contributed by atoms with Crippen LogP contribution in [0.3, 0.4) is 0 Å². The van der Waals surface area contributed by atoms with Gasteiger partial charge in [0.05, 0.1) is 23.0 Å². The fraction of sp³-hybridized carbons (Fsp3) is 0.286. The summed E-state index contributed by atoms with van der Waals surface area (Å²) in [7, 11) is 0. The normalized spacial score (nSPS) is 15.8. The monoisotopic (exact) mass is 479 g/mol. The number of carbonyl (C=O) groups excluding carboxylic acids is 1. The van der Waals surface area contributed by atoms with Crippen LogP contribution in [0.4, 0.5) is 10.5 Å². The number of hydrogen-bond acceptors (Lipinski definition) is 6. The van der Waals surface area contributed by atoms with Gasteiger partial charge in [-0.05, 0) is 68.4 Å². The van der Waals surface area contributed by atoms with Crippen molar-refractivity contribution < 1.29 is 14.3 Å². The number of nitrogens with one attached hydrogen (secondary N) is 1. The van der Waals surface area contributed by atoms with Crippen LogP contribution in [0.25, 0.3) is 22.2 Å². The Morgan fingerprint density at radius 3 is 2.61 bits per heavy atom. The van der Waals surface area contributed by atoms with Crippen molar-refractivity contribution in [2.75, 3.05) is 5.32 Å². The van der Waals surface area contributed by atoms with E-state index in [1.165, 1.54) is 0 Å². The van der Waals surface area contributed by atoms with Gasteiger partial charge in [-0.1, -0.05) is 12.1 Å². The third kappa shape index (κ3) is 4.36. The molecule has 6 rings (SSSR count). The van der Waals surface area contributed by atoms with Crippen molar-refractivity contribution >= 4 is 22.7 Å². The van der Waals surface area contributed by atoms with Gasteiger partial charge in [0.2, 0.25) is 5.88 Å². The Labute approximate surface area is 208 Å². The van der Waals surface area contributed by atoms with Crippen LogP contribution in [0.1, 0.15) is 44.2 Å². The molecule has 1 atom stereocenters. The molecule has 2 aromatic heterocycles. The van der Waals surface area contributed by atoms with Crippen LogP contribution in [0.2, 0.25) is 0 Å². The summed E-state index contributed by atoms with van der Waals surface area (Å²) in [6, 6.07) is 16.0. The van der Waals surface area contributed by atoms with Gasteiger partial charge in [-0.2, -0.15) is 5.26 Å². The minimum absolute atomic E-state index is 0.0699. The van der Waals surface area contributed by atoms with E-state index >= 15 is 0 Å². The maximum absolute atomic E-state index is 12.2. The van der Waals surface area contributed by atoms with Crippen molar-refractivity contribution in [3.63, 3.8) is 0 Å². The van der Waals surface area contributed by atoms with E-state index < -0.39 is 6.09 Å². The lowest BCUT2D eigenvalue weighted by Crippen LogP contribution is -2.21. The molecule has 2 aliphatic carbocycles. The largest absolute Gasteiger partial charge is 0.446 e. The molecule has 0 spiro atoms. The molecule has 36 heavy (non-hydrogen) atoms. The van der Waals surface area contributed by atoms with E-state index in [0.717, 1.165) is 47.8 Å². The van der Waals surface area contributed by atoms with Gasteiger partial charge in [0.1, 0.15) is 17.9 Å². The molecule has 0 bridgehead atoms. The number of carbonyl (C=O) groups is 1. The number of nitriles is 1. The molecule has 0 radical (unpaired) electrons.